The van der Waals surface area contributed by atoms with Crippen molar-refractivity contribution >= 4 is 51.9 Å². The number of carbonyl (C=O) groups is 2. The molecule has 1 fully saturated rings. The first-order valence-corrected chi connectivity index (χ1v) is 16.8. The molecule has 8 heteroatoms. The number of benzene rings is 4. The number of amides is 2. The lowest BCUT2D eigenvalue weighted by Gasteiger charge is -2.43. The Kier molecular flexibility index (Phi) is 12.3. The van der Waals surface area contributed by atoms with E-state index in [1.807, 2.05) is 41.3 Å². The number of nitrogens with one attached hydrogen (secondary N) is 1. The fourth-order valence-electron chi connectivity index (χ4n) is 6.13. The van der Waals surface area contributed by atoms with Gasteiger partial charge in [-0.25, -0.2) is 0 Å². The van der Waals surface area contributed by atoms with Gasteiger partial charge in [0.25, 0.3) is 0 Å². The van der Waals surface area contributed by atoms with E-state index in [0.717, 1.165) is 56.4 Å². The molecule has 0 bridgehead atoms. The van der Waals surface area contributed by atoms with Gasteiger partial charge in [-0.2, -0.15) is 0 Å². The maximum Gasteiger partial charge on any atom is 0.245 e. The Morgan fingerprint density at radius 3 is 2.48 bits per heavy atom. The van der Waals surface area contributed by atoms with Crippen LogP contribution in [-0.4, -0.2) is 66.4 Å². The number of nitrogens with two attached hydrogens (primary N) is 1. The van der Waals surface area contributed by atoms with Gasteiger partial charge in [0.05, 0.1) is 0 Å². The summed E-state index contributed by atoms with van der Waals surface area (Å²) < 4.78 is 0. The lowest BCUT2D eigenvalue weighted by atomic mass is 9.99. The van der Waals surface area contributed by atoms with Crippen LogP contribution >= 0.6 is 23.2 Å². The molecule has 0 spiro atoms. The van der Waals surface area contributed by atoms with Gasteiger partial charge in [-0.05, 0) is 71.5 Å². The minimum atomic E-state index is -0.784. The van der Waals surface area contributed by atoms with Gasteiger partial charge in [0.2, 0.25) is 11.8 Å². The van der Waals surface area contributed by atoms with Crippen molar-refractivity contribution in [2.24, 2.45) is 5.73 Å². The van der Waals surface area contributed by atoms with Crippen molar-refractivity contribution in [2.75, 3.05) is 32.7 Å². The van der Waals surface area contributed by atoms with E-state index in [1.54, 1.807) is 18.2 Å². The molecular formula is C38H42Cl2N4O2. The third kappa shape index (κ3) is 9.43. The molecule has 0 aliphatic carbocycles. The van der Waals surface area contributed by atoms with Crippen molar-refractivity contribution < 1.29 is 9.59 Å². The number of nitrogens with zero attached hydrogens (tertiary/aromatic N) is 2. The molecule has 1 saturated heterocycles. The molecule has 3 N–H and O–H groups in total. The first-order chi connectivity index (χ1) is 22.4. The number of unbranched alkanes of at least 4 members (excludes halogenated alkanes) is 1. The molecule has 2 atom stereocenters. The first kappa shape index (κ1) is 33.7. The summed E-state index contributed by atoms with van der Waals surface area (Å²) in [7, 11) is 0. The normalized spacial score (nSPS) is 16.2. The molecule has 0 radical (unpaired) electrons. The molecule has 1 heterocycles. The summed E-state index contributed by atoms with van der Waals surface area (Å²) in [5.74, 6) is -0.430. The summed E-state index contributed by atoms with van der Waals surface area (Å²) >= 11 is 12.7. The second-order valence-corrected chi connectivity index (χ2v) is 12.8. The maximum atomic E-state index is 14.3. The molecule has 0 unspecified atom stereocenters. The maximum absolute atomic E-state index is 14.3. The highest BCUT2D eigenvalue weighted by Gasteiger charge is 2.34. The summed E-state index contributed by atoms with van der Waals surface area (Å²) in [6.07, 6.45) is 7.11. The van der Waals surface area contributed by atoms with Crippen LogP contribution in [0, 0.1) is 0 Å². The Morgan fingerprint density at radius 1 is 0.913 bits per heavy atom. The number of carbonyl (C=O) groups excluding carboxylic acids is 2. The average molecular weight is 658 g/mol. The Bertz CT molecular complexity index is 1640. The van der Waals surface area contributed by atoms with Gasteiger partial charge in [0.1, 0.15) is 6.04 Å². The SMILES string of the molecule is NCCCC[C@H]1CN(CCc2ccc3ccccc3c2)CCN1C(=O)[C@@H](Cc1ccc(Cl)cc1Cl)NC(=O)/C=C/c1ccccc1. The smallest absolute Gasteiger partial charge is 0.245 e. The van der Waals surface area contributed by atoms with Crippen LogP contribution in [0.1, 0.15) is 36.0 Å². The van der Waals surface area contributed by atoms with E-state index in [-0.39, 0.29) is 24.3 Å². The molecular weight excluding hydrogens is 615 g/mol. The van der Waals surface area contributed by atoms with Crippen molar-refractivity contribution in [3.8, 4) is 0 Å². The lowest BCUT2D eigenvalue weighted by molar-refractivity contribution is -0.140. The third-order valence-corrected chi connectivity index (χ3v) is 9.24. The van der Waals surface area contributed by atoms with E-state index in [0.29, 0.717) is 23.1 Å². The molecule has 4 aromatic carbocycles. The molecule has 0 saturated carbocycles. The number of hydrogen-bond acceptors (Lipinski definition) is 4. The second-order valence-electron chi connectivity index (χ2n) is 11.9. The molecule has 0 aromatic heterocycles. The van der Waals surface area contributed by atoms with Gasteiger partial charge >= 0.3 is 0 Å². The van der Waals surface area contributed by atoms with Crippen LogP contribution in [0.15, 0.2) is 97.1 Å². The van der Waals surface area contributed by atoms with E-state index in [1.165, 1.54) is 22.4 Å². The van der Waals surface area contributed by atoms with Crippen LogP contribution < -0.4 is 11.1 Å². The lowest BCUT2D eigenvalue weighted by Crippen LogP contribution is -2.60. The number of hydrogen-bond donors (Lipinski definition) is 2. The molecule has 6 nitrogen and oxygen atoms in total. The fourth-order valence-corrected chi connectivity index (χ4v) is 6.61. The van der Waals surface area contributed by atoms with Gasteiger partial charge in [-0.3, -0.25) is 14.5 Å². The summed E-state index contributed by atoms with van der Waals surface area (Å²) in [6, 6.07) is 29.2. The minimum absolute atomic E-state index is 0.0179. The van der Waals surface area contributed by atoms with E-state index < -0.39 is 6.04 Å². The molecule has 1 aliphatic heterocycles. The van der Waals surface area contributed by atoms with Crippen molar-refractivity contribution in [1.29, 1.82) is 0 Å². The minimum Gasteiger partial charge on any atom is -0.340 e. The highest BCUT2D eigenvalue weighted by atomic mass is 35.5. The molecule has 2 amide bonds. The van der Waals surface area contributed by atoms with Crippen molar-refractivity contribution in [2.45, 2.75) is 44.2 Å². The van der Waals surface area contributed by atoms with Crippen molar-refractivity contribution in [1.82, 2.24) is 15.1 Å². The predicted octanol–water partition coefficient (Wildman–Crippen LogP) is 6.77. The topological polar surface area (TPSA) is 78.7 Å². The highest BCUT2D eigenvalue weighted by molar-refractivity contribution is 6.35. The van der Waals surface area contributed by atoms with E-state index >= 15 is 0 Å². The van der Waals surface area contributed by atoms with Gasteiger partial charge in [-0.1, -0.05) is 108 Å². The average Bonchev–Trinajstić information content (AvgIpc) is 3.07. The van der Waals surface area contributed by atoms with E-state index in [2.05, 4.69) is 52.7 Å². The van der Waals surface area contributed by atoms with Crippen LogP contribution in [0.25, 0.3) is 16.8 Å². The summed E-state index contributed by atoms with van der Waals surface area (Å²) in [5.41, 5.74) is 8.80. The quantitative estimate of drug-likeness (QED) is 0.123. The summed E-state index contributed by atoms with van der Waals surface area (Å²) in [6.45, 7) is 3.67. The van der Waals surface area contributed by atoms with Crippen LogP contribution in [0.3, 0.4) is 0 Å². The zero-order chi connectivity index (χ0) is 32.3. The van der Waals surface area contributed by atoms with Crippen LogP contribution in [0.2, 0.25) is 10.0 Å². The zero-order valence-electron chi connectivity index (χ0n) is 26.1. The Morgan fingerprint density at radius 2 is 1.70 bits per heavy atom. The molecule has 4 aromatic rings. The first-order valence-electron chi connectivity index (χ1n) is 16.1. The van der Waals surface area contributed by atoms with Gasteiger partial charge in [-0.15, -0.1) is 0 Å². The Balaban J connectivity index is 1.30. The molecule has 5 rings (SSSR count). The predicted molar refractivity (Wildman–Crippen MR) is 190 cm³/mol. The number of piperazine rings is 1. The Labute approximate surface area is 282 Å². The van der Waals surface area contributed by atoms with Gasteiger partial charge in [0.15, 0.2) is 0 Å². The standard InChI is InChI=1S/C38H42Cl2N4O2/c39-33-17-16-32(35(40)26-33)25-36(42-37(45)18-14-28-8-2-1-3-9-28)38(46)44-23-22-43(27-34(44)12-6-7-20-41)21-19-29-13-15-30-10-4-5-11-31(30)24-29/h1-5,8-11,13-18,24,26,34,36H,6-7,12,19-23,25,27,41H2,(H,42,45)/b18-14+/t34-,36+/m0/s1. The summed E-state index contributed by atoms with van der Waals surface area (Å²) in [4.78, 5) is 31.9. The molecule has 1 aliphatic rings. The van der Waals surface area contributed by atoms with E-state index in [9.17, 15) is 9.59 Å². The van der Waals surface area contributed by atoms with Crippen LogP contribution in [0.5, 0.6) is 0 Å². The van der Waals surface area contributed by atoms with Crippen molar-refractivity contribution in [3.05, 3.63) is 124 Å². The van der Waals surface area contributed by atoms with E-state index in [4.69, 9.17) is 28.9 Å². The van der Waals surface area contributed by atoms with Gasteiger partial charge < -0.3 is 16.0 Å². The molecule has 46 heavy (non-hydrogen) atoms. The monoisotopic (exact) mass is 656 g/mol. The summed E-state index contributed by atoms with van der Waals surface area (Å²) in [5, 5.41) is 6.48. The Hall–Kier alpha value is -3.68. The molecule has 240 valence electrons. The largest absolute Gasteiger partial charge is 0.340 e. The van der Waals surface area contributed by atoms with Gasteiger partial charge in [0, 0.05) is 54.8 Å². The zero-order valence-corrected chi connectivity index (χ0v) is 27.6. The third-order valence-electron chi connectivity index (χ3n) is 8.65. The van der Waals surface area contributed by atoms with Crippen molar-refractivity contribution in [3.63, 3.8) is 0 Å². The number of rotatable bonds is 13. The fraction of sp³-hybridized carbons (Fsp3) is 0.316. The van der Waals surface area contributed by atoms with Crippen LogP contribution in [0.4, 0.5) is 0 Å². The van der Waals surface area contributed by atoms with Crippen LogP contribution in [-0.2, 0) is 22.4 Å². The number of fused-ring (bicyclic) bond motifs is 1. The number of halogens is 2. The second kappa shape index (κ2) is 16.8. The highest BCUT2D eigenvalue weighted by Crippen LogP contribution is 2.24.